The molecule has 1 aliphatic carbocycles. The van der Waals surface area contributed by atoms with Crippen molar-refractivity contribution in [3.05, 3.63) is 97.9 Å². The highest BCUT2D eigenvalue weighted by molar-refractivity contribution is 7.90. The lowest BCUT2D eigenvalue weighted by atomic mass is 9.94. The minimum absolute atomic E-state index is 0.275. The van der Waals surface area contributed by atoms with Gasteiger partial charge < -0.3 is 9.71 Å². The van der Waals surface area contributed by atoms with Crippen molar-refractivity contribution in [3.63, 3.8) is 0 Å². The molecule has 228 valence electrons. The third-order valence-corrected chi connectivity index (χ3v) is 8.99. The maximum atomic E-state index is 13.6. The van der Waals surface area contributed by atoms with Crippen LogP contribution in [-0.4, -0.2) is 27.2 Å². The molecular weight excluding hydrogens is 552 g/mol. The van der Waals surface area contributed by atoms with Crippen LogP contribution in [0.4, 0.5) is 14.5 Å². The van der Waals surface area contributed by atoms with Gasteiger partial charge >= 0.3 is 0 Å². The molecule has 1 atom stereocenters. The molecule has 0 amide bonds. The highest BCUT2D eigenvalue weighted by atomic mass is 32.2. The molecule has 0 saturated heterocycles. The summed E-state index contributed by atoms with van der Waals surface area (Å²) in [6.45, 7) is 6.58. The number of aromatic amines is 1. The average Bonchev–Trinajstić information content (AvgIpc) is 2.97. The quantitative estimate of drug-likeness (QED) is 0.214. The van der Waals surface area contributed by atoms with Gasteiger partial charge in [-0.2, -0.15) is 0 Å². The smallest absolute Gasteiger partial charge is 0.264 e. The Hall–Kier alpha value is -3.10. The second kappa shape index (κ2) is 17.1. The molecule has 2 N–H and O–H groups in total. The van der Waals surface area contributed by atoms with Crippen LogP contribution in [0.2, 0.25) is 0 Å². The second-order valence-corrected chi connectivity index (χ2v) is 12.2. The summed E-state index contributed by atoms with van der Waals surface area (Å²) in [6.07, 6.45) is 16.4. The molecule has 3 rings (SSSR count). The SMILES string of the molecule is C/C=C\c1[nH]c(=O)cc(C(F)F)c1/C=C/CC/C(C)=C/C=C(\CC)S(=O)Nc1ccccc1CN(C)C1CCCCC1. The van der Waals surface area contributed by atoms with Crippen molar-refractivity contribution in [1.29, 1.82) is 0 Å². The molecule has 1 fully saturated rings. The number of nitrogens with zero attached hydrogens (tertiary/aromatic N) is 1. The zero-order valence-electron chi connectivity index (χ0n) is 25.3. The fourth-order valence-corrected chi connectivity index (χ4v) is 6.24. The van der Waals surface area contributed by atoms with E-state index in [0.717, 1.165) is 34.3 Å². The van der Waals surface area contributed by atoms with E-state index in [1.165, 1.54) is 32.1 Å². The maximum Gasteiger partial charge on any atom is 0.264 e. The van der Waals surface area contributed by atoms with Crippen LogP contribution in [0.15, 0.2) is 69.9 Å². The van der Waals surface area contributed by atoms with E-state index in [1.54, 1.807) is 25.2 Å². The van der Waals surface area contributed by atoms with Crippen LogP contribution in [0.1, 0.15) is 101 Å². The van der Waals surface area contributed by atoms with E-state index in [4.69, 9.17) is 0 Å². The fraction of sp³-hybridized carbons (Fsp3) is 0.441. The lowest BCUT2D eigenvalue weighted by Gasteiger charge is -2.31. The van der Waals surface area contributed by atoms with Crippen LogP contribution in [-0.2, 0) is 17.5 Å². The van der Waals surface area contributed by atoms with Crippen LogP contribution in [0.25, 0.3) is 12.2 Å². The largest absolute Gasteiger partial charge is 0.322 e. The number of rotatable bonds is 14. The number of nitrogens with one attached hydrogen (secondary N) is 2. The number of pyridine rings is 1. The van der Waals surface area contributed by atoms with E-state index < -0.39 is 23.0 Å². The average molecular weight is 598 g/mol. The van der Waals surface area contributed by atoms with E-state index in [9.17, 15) is 17.8 Å². The zero-order valence-corrected chi connectivity index (χ0v) is 26.1. The van der Waals surface area contributed by atoms with Gasteiger partial charge in [-0.3, -0.25) is 9.69 Å². The number of benzene rings is 1. The molecule has 2 aromatic rings. The molecule has 0 aliphatic heterocycles. The van der Waals surface area contributed by atoms with Gasteiger partial charge in [0, 0.05) is 40.4 Å². The van der Waals surface area contributed by atoms with Crippen LogP contribution in [0.3, 0.4) is 0 Å². The van der Waals surface area contributed by atoms with Gasteiger partial charge in [0.1, 0.15) is 11.0 Å². The van der Waals surface area contributed by atoms with Crippen molar-refractivity contribution >= 4 is 28.8 Å². The van der Waals surface area contributed by atoms with Gasteiger partial charge in [-0.15, -0.1) is 0 Å². The van der Waals surface area contributed by atoms with Crippen molar-refractivity contribution in [2.24, 2.45) is 0 Å². The Morgan fingerprint density at radius 3 is 2.60 bits per heavy atom. The Bertz CT molecular complexity index is 1370. The summed E-state index contributed by atoms with van der Waals surface area (Å²) >= 11 is 0. The summed E-state index contributed by atoms with van der Waals surface area (Å²) in [7, 11) is 0.810. The first-order chi connectivity index (χ1) is 20.2. The summed E-state index contributed by atoms with van der Waals surface area (Å²) in [6, 6.07) is 9.65. The van der Waals surface area contributed by atoms with Crippen LogP contribution in [0, 0.1) is 0 Å². The number of halogens is 2. The highest BCUT2D eigenvalue weighted by Crippen LogP contribution is 2.27. The number of allylic oxidation sites excluding steroid dienone is 6. The van der Waals surface area contributed by atoms with E-state index >= 15 is 0 Å². The first kappa shape index (κ1) is 33.4. The summed E-state index contributed by atoms with van der Waals surface area (Å²) < 4.78 is 43.7. The van der Waals surface area contributed by atoms with Gasteiger partial charge in [0.05, 0.1) is 5.69 Å². The van der Waals surface area contributed by atoms with Gasteiger partial charge in [-0.25, -0.2) is 13.0 Å². The van der Waals surface area contributed by atoms with Crippen molar-refractivity contribution in [1.82, 2.24) is 9.88 Å². The van der Waals surface area contributed by atoms with Gasteiger partial charge in [0.15, 0.2) is 0 Å². The molecule has 8 heteroatoms. The van der Waals surface area contributed by atoms with Gasteiger partial charge in [-0.05, 0) is 76.8 Å². The molecule has 42 heavy (non-hydrogen) atoms. The monoisotopic (exact) mass is 597 g/mol. The Morgan fingerprint density at radius 2 is 1.90 bits per heavy atom. The van der Waals surface area contributed by atoms with Gasteiger partial charge in [-0.1, -0.05) is 74.3 Å². The molecular formula is C34H45F2N3O2S. The number of H-pyrrole nitrogens is 1. The molecule has 0 spiro atoms. The number of aromatic nitrogens is 1. The number of hydrogen-bond acceptors (Lipinski definition) is 3. The number of anilines is 1. The standard InChI is InChI=1S/C34H45F2N3O2S/c1-5-14-32-29(30(34(35)36)23-33(40)37-32)19-12-10-15-25(3)21-22-28(6-2)42(41)38-31-20-13-11-16-26(31)24-39(4)27-17-8-7-9-18-27/h5,11-14,16,19-23,27,34,38H,6-10,15,17-18,24H2,1-4H3,(H,37,40)/b14-5-,19-12+,25-21+,28-22+. The minimum Gasteiger partial charge on any atom is -0.322 e. The van der Waals surface area contributed by atoms with E-state index in [1.807, 2.05) is 50.3 Å². The molecule has 1 aromatic carbocycles. The highest BCUT2D eigenvalue weighted by Gasteiger charge is 2.19. The molecule has 1 unspecified atom stereocenters. The third kappa shape index (κ3) is 10.0. The van der Waals surface area contributed by atoms with Gasteiger partial charge in [0.2, 0.25) is 5.56 Å². The lowest BCUT2D eigenvalue weighted by Crippen LogP contribution is -2.33. The molecule has 1 aliphatic rings. The van der Waals surface area contributed by atoms with E-state index in [0.29, 0.717) is 36.6 Å². The second-order valence-electron chi connectivity index (χ2n) is 10.9. The molecule has 1 saturated carbocycles. The molecule has 1 aromatic heterocycles. The summed E-state index contributed by atoms with van der Waals surface area (Å²) in [5, 5.41) is 0. The molecule has 5 nitrogen and oxygen atoms in total. The Kier molecular flexibility index (Phi) is 13.6. The predicted octanol–water partition coefficient (Wildman–Crippen LogP) is 8.92. The van der Waals surface area contributed by atoms with Crippen LogP contribution in [0.5, 0.6) is 0 Å². The van der Waals surface area contributed by atoms with Crippen LogP contribution < -0.4 is 10.3 Å². The number of para-hydroxylation sites is 1. The minimum atomic E-state index is -2.74. The first-order valence-corrected chi connectivity index (χ1v) is 16.1. The Balaban J connectivity index is 1.63. The maximum absolute atomic E-state index is 13.6. The predicted molar refractivity (Wildman–Crippen MR) is 174 cm³/mol. The normalized spacial score (nSPS) is 16.3. The molecule has 0 radical (unpaired) electrons. The summed E-state index contributed by atoms with van der Waals surface area (Å²) in [5.74, 6) is 0. The summed E-state index contributed by atoms with van der Waals surface area (Å²) in [4.78, 5) is 17.6. The van der Waals surface area contributed by atoms with Gasteiger partial charge in [0.25, 0.3) is 6.43 Å². The van der Waals surface area contributed by atoms with E-state index in [2.05, 4.69) is 27.7 Å². The Labute approximate surface area is 252 Å². The van der Waals surface area contributed by atoms with Crippen molar-refractivity contribution < 1.29 is 13.0 Å². The molecule has 0 bridgehead atoms. The Morgan fingerprint density at radius 1 is 1.17 bits per heavy atom. The third-order valence-electron chi connectivity index (χ3n) is 7.68. The van der Waals surface area contributed by atoms with E-state index in [-0.39, 0.29) is 5.56 Å². The van der Waals surface area contributed by atoms with Crippen molar-refractivity contribution in [2.45, 2.75) is 91.1 Å². The lowest BCUT2D eigenvalue weighted by molar-refractivity contribution is 0.151. The number of hydrogen-bond donors (Lipinski definition) is 2. The fourth-order valence-electron chi connectivity index (χ4n) is 5.26. The zero-order chi connectivity index (χ0) is 30.5. The first-order valence-electron chi connectivity index (χ1n) is 14.9. The molecule has 1 heterocycles. The van der Waals surface area contributed by atoms with Crippen molar-refractivity contribution in [2.75, 3.05) is 11.8 Å². The number of alkyl halides is 2. The summed E-state index contributed by atoms with van der Waals surface area (Å²) in [5.41, 5.74) is 2.99. The topological polar surface area (TPSA) is 65.2 Å². The van der Waals surface area contributed by atoms with Crippen molar-refractivity contribution in [3.8, 4) is 0 Å². The van der Waals surface area contributed by atoms with Crippen LogP contribution >= 0.6 is 0 Å².